The highest BCUT2D eigenvalue weighted by atomic mass is 16.5. The van der Waals surface area contributed by atoms with Gasteiger partial charge in [-0.2, -0.15) is 0 Å². The molecule has 0 bridgehead atoms. The average Bonchev–Trinajstić information content (AvgIpc) is 2.89. The minimum atomic E-state index is -0.811. The van der Waals surface area contributed by atoms with E-state index in [9.17, 15) is 14.4 Å². The first-order chi connectivity index (χ1) is 17.6. The lowest BCUT2D eigenvalue weighted by Crippen LogP contribution is -2.44. The van der Waals surface area contributed by atoms with Gasteiger partial charge >= 0.3 is 17.9 Å². The van der Waals surface area contributed by atoms with Crippen molar-refractivity contribution in [1.29, 1.82) is 0 Å². The summed E-state index contributed by atoms with van der Waals surface area (Å²) in [6.07, 6.45) is 17.8. The standard InChI is InChI=1S/C30H54O6/c1-4-7-10-13-16-22-34-28(31)25-20-19-21-26(29(32)35-23-17-14-11-8-5-2)27(25)30(33)36-24-18-15-12-9-6-3/h25-27H,4-24H2,1-3H3. The van der Waals surface area contributed by atoms with E-state index < -0.39 is 23.7 Å². The van der Waals surface area contributed by atoms with E-state index in [2.05, 4.69) is 20.8 Å². The van der Waals surface area contributed by atoms with Crippen LogP contribution in [0.4, 0.5) is 0 Å². The molecule has 1 aliphatic rings. The summed E-state index contributed by atoms with van der Waals surface area (Å²) in [6, 6.07) is 0. The smallest absolute Gasteiger partial charge is 0.310 e. The molecule has 0 aliphatic heterocycles. The van der Waals surface area contributed by atoms with Crippen LogP contribution >= 0.6 is 0 Å². The Balaban J connectivity index is 2.70. The zero-order valence-corrected chi connectivity index (χ0v) is 23.5. The maximum absolute atomic E-state index is 13.2. The number of carbonyl (C=O) groups excluding carboxylic acids is 3. The Morgan fingerprint density at radius 1 is 0.500 bits per heavy atom. The number of hydrogen-bond donors (Lipinski definition) is 0. The predicted octanol–water partition coefficient (Wildman–Crippen LogP) is 7.56. The molecule has 1 aliphatic carbocycles. The molecule has 1 fully saturated rings. The molecule has 0 amide bonds. The number of hydrogen-bond acceptors (Lipinski definition) is 6. The number of unbranched alkanes of at least 4 members (excludes halogenated alkanes) is 12. The van der Waals surface area contributed by atoms with Crippen molar-refractivity contribution in [2.75, 3.05) is 19.8 Å². The van der Waals surface area contributed by atoms with Crippen molar-refractivity contribution in [2.45, 2.75) is 136 Å². The van der Waals surface area contributed by atoms with Crippen LogP contribution in [-0.2, 0) is 28.6 Å². The van der Waals surface area contributed by atoms with E-state index in [1.54, 1.807) is 0 Å². The molecule has 1 saturated carbocycles. The molecule has 6 heteroatoms. The molecule has 0 heterocycles. The van der Waals surface area contributed by atoms with Crippen molar-refractivity contribution in [3.05, 3.63) is 0 Å². The first-order valence-electron chi connectivity index (χ1n) is 15.1. The lowest BCUT2D eigenvalue weighted by Gasteiger charge is -2.34. The van der Waals surface area contributed by atoms with Gasteiger partial charge in [-0.15, -0.1) is 0 Å². The third-order valence-corrected chi connectivity index (χ3v) is 7.25. The lowest BCUT2D eigenvalue weighted by atomic mass is 9.72. The summed E-state index contributed by atoms with van der Waals surface area (Å²) in [4.78, 5) is 39.2. The highest BCUT2D eigenvalue weighted by Gasteiger charge is 2.47. The second kappa shape index (κ2) is 21.5. The van der Waals surface area contributed by atoms with E-state index in [4.69, 9.17) is 14.2 Å². The van der Waals surface area contributed by atoms with Gasteiger partial charge in [0.1, 0.15) is 0 Å². The zero-order valence-electron chi connectivity index (χ0n) is 23.5. The Morgan fingerprint density at radius 3 is 1.19 bits per heavy atom. The van der Waals surface area contributed by atoms with Crippen molar-refractivity contribution in [3.63, 3.8) is 0 Å². The largest absolute Gasteiger partial charge is 0.465 e. The second-order valence-electron chi connectivity index (χ2n) is 10.4. The van der Waals surface area contributed by atoms with E-state index in [-0.39, 0.29) is 11.9 Å². The summed E-state index contributed by atoms with van der Waals surface area (Å²) in [5.41, 5.74) is 0. The molecule has 0 spiro atoms. The van der Waals surface area contributed by atoms with Crippen LogP contribution in [0.5, 0.6) is 0 Å². The van der Waals surface area contributed by atoms with Crippen LogP contribution in [0, 0.1) is 17.8 Å². The van der Waals surface area contributed by atoms with Gasteiger partial charge in [0, 0.05) is 0 Å². The van der Waals surface area contributed by atoms with Gasteiger partial charge in [0.25, 0.3) is 0 Å². The summed E-state index contributed by atoms with van der Waals surface area (Å²) < 4.78 is 16.8. The normalized spacial score (nSPS) is 19.6. The Labute approximate surface area is 220 Å². The summed E-state index contributed by atoms with van der Waals surface area (Å²) in [5, 5.41) is 0. The fraction of sp³-hybridized carbons (Fsp3) is 0.900. The molecule has 0 saturated heterocycles. The van der Waals surface area contributed by atoms with Crippen LogP contribution in [0.25, 0.3) is 0 Å². The van der Waals surface area contributed by atoms with E-state index in [1.807, 2.05) is 0 Å². The second-order valence-corrected chi connectivity index (χ2v) is 10.4. The van der Waals surface area contributed by atoms with Gasteiger partial charge in [0.15, 0.2) is 0 Å². The summed E-state index contributed by atoms with van der Waals surface area (Å²) in [7, 11) is 0. The maximum Gasteiger partial charge on any atom is 0.310 e. The third kappa shape index (κ3) is 13.6. The summed E-state index contributed by atoms with van der Waals surface area (Å²) in [5.74, 6) is -3.26. The molecule has 36 heavy (non-hydrogen) atoms. The van der Waals surface area contributed by atoms with Gasteiger partial charge < -0.3 is 14.2 Å². The number of rotatable bonds is 21. The Kier molecular flexibility index (Phi) is 19.4. The van der Waals surface area contributed by atoms with Crippen molar-refractivity contribution in [2.24, 2.45) is 17.8 Å². The zero-order chi connectivity index (χ0) is 26.4. The quantitative estimate of drug-likeness (QED) is 0.0900. The molecule has 0 aromatic carbocycles. The Bertz CT molecular complexity index is 554. The van der Waals surface area contributed by atoms with E-state index >= 15 is 0 Å². The molecule has 2 atom stereocenters. The van der Waals surface area contributed by atoms with Gasteiger partial charge in [0.2, 0.25) is 0 Å². The number of ether oxygens (including phenoxy) is 3. The lowest BCUT2D eigenvalue weighted by molar-refractivity contribution is -0.172. The number of esters is 3. The van der Waals surface area contributed by atoms with E-state index in [0.29, 0.717) is 39.1 Å². The van der Waals surface area contributed by atoms with Crippen molar-refractivity contribution < 1.29 is 28.6 Å². The van der Waals surface area contributed by atoms with Gasteiger partial charge in [-0.05, 0) is 32.1 Å². The fourth-order valence-corrected chi connectivity index (χ4v) is 5.00. The molecule has 2 unspecified atom stereocenters. The molecule has 0 radical (unpaired) electrons. The van der Waals surface area contributed by atoms with Crippen LogP contribution in [0.2, 0.25) is 0 Å². The molecule has 0 aromatic heterocycles. The van der Waals surface area contributed by atoms with Crippen molar-refractivity contribution in [1.82, 2.24) is 0 Å². The molecular formula is C30H54O6. The predicted molar refractivity (Wildman–Crippen MR) is 143 cm³/mol. The van der Waals surface area contributed by atoms with Crippen LogP contribution in [-0.4, -0.2) is 37.7 Å². The number of carbonyl (C=O) groups is 3. The molecular weight excluding hydrogens is 456 g/mol. The van der Waals surface area contributed by atoms with Gasteiger partial charge in [-0.1, -0.05) is 104 Å². The SMILES string of the molecule is CCCCCCCOC(=O)C1CCCC(C(=O)OCCCCCCC)C1C(=O)OCCCCCCC. The van der Waals surface area contributed by atoms with Gasteiger partial charge in [0.05, 0.1) is 37.6 Å². The molecule has 0 aromatic rings. The van der Waals surface area contributed by atoms with Crippen LogP contribution in [0.1, 0.15) is 136 Å². The molecule has 210 valence electrons. The maximum atomic E-state index is 13.2. The van der Waals surface area contributed by atoms with E-state index in [0.717, 1.165) is 64.2 Å². The van der Waals surface area contributed by atoms with Crippen molar-refractivity contribution >= 4 is 17.9 Å². The van der Waals surface area contributed by atoms with Gasteiger partial charge in [-0.3, -0.25) is 14.4 Å². The topological polar surface area (TPSA) is 78.9 Å². The minimum absolute atomic E-state index is 0.331. The highest BCUT2D eigenvalue weighted by Crippen LogP contribution is 2.38. The summed E-state index contributed by atoms with van der Waals surface area (Å²) in [6.45, 7) is 7.56. The first kappa shape index (κ1) is 32.4. The van der Waals surface area contributed by atoms with Crippen LogP contribution < -0.4 is 0 Å². The van der Waals surface area contributed by atoms with E-state index in [1.165, 1.54) is 32.1 Å². The van der Waals surface area contributed by atoms with Crippen LogP contribution in [0.15, 0.2) is 0 Å². The fourth-order valence-electron chi connectivity index (χ4n) is 5.00. The van der Waals surface area contributed by atoms with Crippen LogP contribution in [0.3, 0.4) is 0 Å². The third-order valence-electron chi connectivity index (χ3n) is 7.25. The molecule has 6 nitrogen and oxygen atoms in total. The Hall–Kier alpha value is -1.59. The molecule has 1 rings (SSSR count). The average molecular weight is 511 g/mol. The monoisotopic (exact) mass is 510 g/mol. The minimum Gasteiger partial charge on any atom is -0.465 e. The van der Waals surface area contributed by atoms with Gasteiger partial charge in [-0.25, -0.2) is 0 Å². The Morgan fingerprint density at radius 2 is 0.833 bits per heavy atom. The summed E-state index contributed by atoms with van der Waals surface area (Å²) >= 11 is 0. The molecule has 0 N–H and O–H groups in total. The first-order valence-corrected chi connectivity index (χ1v) is 15.1. The highest BCUT2D eigenvalue weighted by molar-refractivity contribution is 5.87. The van der Waals surface area contributed by atoms with Crippen molar-refractivity contribution in [3.8, 4) is 0 Å².